The molecule has 2 unspecified atom stereocenters. The van der Waals surface area contributed by atoms with Crippen molar-refractivity contribution in [3.63, 3.8) is 0 Å². The lowest BCUT2D eigenvalue weighted by atomic mass is 9.76. The van der Waals surface area contributed by atoms with Gasteiger partial charge in [-0.25, -0.2) is 8.42 Å². The van der Waals surface area contributed by atoms with Crippen LogP contribution in [0.1, 0.15) is 35.4 Å². The molecule has 8 heteroatoms. The molecule has 0 fully saturated rings. The molecule has 32 heavy (non-hydrogen) atoms. The molecule has 1 aliphatic rings. The number of fused-ring (bicyclic) bond motifs is 1. The molecule has 6 nitrogen and oxygen atoms in total. The van der Waals surface area contributed by atoms with Crippen molar-refractivity contribution in [3.8, 4) is 5.75 Å². The number of aryl methyl sites for hydroxylation is 2. The van der Waals surface area contributed by atoms with E-state index in [-0.39, 0.29) is 22.6 Å². The van der Waals surface area contributed by atoms with Crippen molar-refractivity contribution in [1.29, 1.82) is 0 Å². The molecule has 4 rings (SSSR count). The van der Waals surface area contributed by atoms with Crippen LogP contribution in [-0.2, 0) is 29.7 Å². The van der Waals surface area contributed by atoms with Gasteiger partial charge in [-0.1, -0.05) is 35.9 Å². The Kier molecular flexibility index (Phi) is 6.88. The van der Waals surface area contributed by atoms with Gasteiger partial charge in [0.1, 0.15) is 10.6 Å². The van der Waals surface area contributed by atoms with Gasteiger partial charge in [-0.2, -0.15) is 5.10 Å². The van der Waals surface area contributed by atoms with Crippen LogP contribution >= 0.6 is 11.6 Å². The highest BCUT2D eigenvalue weighted by atomic mass is 35.5. The molecule has 3 aromatic rings. The van der Waals surface area contributed by atoms with Crippen LogP contribution in [-0.4, -0.2) is 36.6 Å². The molecule has 0 saturated heterocycles. The van der Waals surface area contributed by atoms with E-state index in [0.717, 1.165) is 35.6 Å². The molecule has 1 aliphatic carbocycles. The lowest BCUT2D eigenvalue weighted by molar-refractivity contribution is 0.316. The van der Waals surface area contributed by atoms with Crippen LogP contribution in [0.25, 0.3) is 0 Å². The maximum absolute atomic E-state index is 12.4. The summed E-state index contributed by atoms with van der Waals surface area (Å²) in [6, 6.07) is 14.1. The highest BCUT2D eigenvalue weighted by Gasteiger charge is 2.28. The first-order valence-electron chi connectivity index (χ1n) is 10.8. The van der Waals surface area contributed by atoms with Gasteiger partial charge in [0.25, 0.3) is 0 Å². The van der Waals surface area contributed by atoms with E-state index >= 15 is 0 Å². The van der Waals surface area contributed by atoms with E-state index < -0.39 is 9.84 Å². The first kappa shape index (κ1) is 22.8. The predicted molar refractivity (Wildman–Crippen MR) is 126 cm³/mol. The smallest absolute Gasteiger partial charge is 0.181 e. The predicted octanol–water partition coefficient (Wildman–Crippen LogP) is 3.92. The number of ether oxygens (including phenoxy) is 1. The fraction of sp³-hybridized carbons (Fsp3) is 0.375. The summed E-state index contributed by atoms with van der Waals surface area (Å²) in [5.74, 6) is 0.915. The molecule has 1 heterocycles. The first-order valence-corrected chi connectivity index (χ1v) is 12.8. The second-order valence-corrected chi connectivity index (χ2v) is 10.9. The maximum atomic E-state index is 12.4. The Labute approximate surface area is 194 Å². The number of nitrogens with two attached hydrogens (primary N) is 1. The largest absolute Gasteiger partial charge is 0.494 e. The normalized spacial score (nSPS) is 18.3. The number of rotatable bonds is 8. The summed E-state index contributed by atoms with van der Waals surface area (Å²) < 4.78 is 32.2. The van der Waals surface area contributed by atoms with E-state index in [9.17, 15) is 8.42 Å². The molecule has 170 valence electrons. The summed E-state index contributed by atoms with van der Waals surface area (Å²) in [6.07, 6.45) is 5.95. The molecule has 2 atom stereocenters. The number of halogens is 1. The molecule has 0 radical (unpaired) electrons. The minimum atomic E-state index is -3.36. The lowest BCUT2D eigenvalue weighted by Crippen LogP contribution is -2.34. The van der Waals surface area contributed by atoms with E-state index in [4.69, 9.17) is 22.1 Å². The molecule has 0 aliphatic heterocycles. The Morgan fingerprint density at radius 2 is 2.06 bits per heavy atom. The zero-order chi connectivity index (χ0) is 22.7. The Hall–Kier alpha value is -2.35. The quantitative estimate of drug-likeness (QED) is 0.501. The summed E-state index contributed by atoms with van der Waals surface area (Å²) in [5.41, 5.74) is 10.1. The van der Waals surface area contributed by atoms with Crippen LogP contribution in [0.15, 0.2) is 59.8 Å². The maximum Gasteiger partial charge on any atom is 0.181 e. The van der Waals surface area contributed by atoms with Crippen LogP contribution in [0.4, 0.5) is 0 Å². The number of benzene rings is 2. The highest BCUT2D eigenvalue weighted by molar-refractivity contribution is 7.91. The molecular formula is C24H28ClN3O3S. The zero-order valence-electron chi connectivity index (χ0n) is 18.1. The standard InChI is InChI=1S/C24H28ClN3O3S/c1-28-16-20(15-27-28)32(29,30)12-4-11-31-19-9-7-17-8-10-24(26)22(21(17)14-19)13-18-5-2-3-6-23(18)25/h2-3,5-7,9,14-16,22,24H,4,8,10-13,26H2,1H3. The van der Waals surface area contributed by atoms with Crippen molar-refractivity contribution in [2.75, 3.05) is 12.4 Å². The molecule has 2 aromatic carbocycles. The van der Waals surface area contributed by atoms with Crippen molar-refractivity contribution >= 4 is 21.4 Å². The molecule has 2 N–H and O–H groups in total. The Balaban J connectivity index is 1.42. The number of aromatic nitrogens is 2. The molecular weight excluding hydrogens is 446 g/mol. The van der Waals surface area contributed by atoms with Crippen molar-refractivity contribution in [2.24, 2.45) is 12.8 Å². The van der Waals surface area contributed by atoms with E-state index in [1.165, 1.54) is 28.2 Å². The van der Waals surface area contributed by atoms with Crippen LogP contribution in [0.3, 0.4) is 0 Å². The van der Waals surface area contributed by atoms with Gasteiger partial charge >= 0.3 is 0 Å². The topological polar surface area (TPSA) is 87.2 Å². The van der Waals surface area contributed by atoms with Crippen LogP contribution < -0.4 is 10.5 Å². The van der Waals surface area contributed by atoms with E-state index in [1.807, 2.05) is 30.3 Å². The highest BCUT2D eigenvalue weighted by Crippen LogP contribution is 2.37. The summed E-state index contributed by atoms with van der Waals surface area (Å²) in [6.45, 7) is 0.319. The summed E-state index contributed by atoms with van der Waals surface area (Å²) in [5, 5.41) is 4.69. The van der Waals surface area contributed by atoms with E-state index in [1.54, 1.807) is 7.05 Å². The monoisotopic (exact) mass is 473 g/mol. The molecule has 1 aromatic heterocycles. The van der Waals surface area contributed by atoms with Gasteiger partial charge in [0.05, 0.1) is 18.6 Å². The van der Waals surface area contributed by atoms with Crippen molar-refractivity contribution < 1.29 is 13.2 Å². The number of sulfone groups is 1. The fourth-order valence-electron chi connectivity index (χ4n) is 4.27. The third-order valence-electron chi connectivity index (χ3n) is 6.04. The van der Waals surface area contributed by atoms with Gasteiger partial charge in [-0.3, -0.25) is 4.68 Å². The van der Waals surface area contributed by atoms with Gasteiger partial charge in [0, 0.05) is 30.2 Å². The van der Waals surface area contributed by atoms with E-state index in [2.05, 4.69) is 17.2 Å². The Bertz CT molecular complexity index is 1190. The minimum Gasteiger partial charge on any atom is -0.494 e. The molecule has 0 spiro atoms. The average molecular weight is 474 g/mol. The summed E-state index contributed by atoms with van der Waals surface area (Å²) in [7, 11) is -1.66. The van der Waals surface area contributed by atoms with Gasteiger partial charge in [-0.05, 0) is 60.6 Å². The Morgan fingerprint density at radius 1 is 1.25 bits per heavy atom. The second-order valence-electron chi connectivity index (χ2n) is 8.34. The number of hydrogen-bond acceptors (Lipinski definition) is 5. The average Bonchev–Trinajstić information content (AvgIpc) is 3.22. The van der Waals surface area contributed by atoms with E-state index in [0.29, 0.717) is 13.0 Å². The first-order chi connectivity index (χ1) is 15.3. The van der Waals surface area contributed by atoms with Crippen molar-refractivity contribution in [2.45, 2.75) is 42.5 Å². The summed E-state index contributed by atoms with van der Waals surface area (Å²) in [4.78, 5) is 0.241. The van der Waals surface area contributed by atoms with Gasteiger partial charge in [0.2, 0.25) is 0 Å². The van der Waals surface area contributed by atoms with Crippen LogP contribution in [0.5, 0.6) is 5.75 Å². The summed E-state index contributed by atoms with van der Waals surface area (Å²) >= 11 is 6.40. The minimum absolute atomic E-state index is 0.0175. The van der Waals surface area contributed by atoms with Crippen molar-refractivity contribution in [3.05, 3.63) is 76.6 Å². The van der Waals surface area contributed by atoms with Crippen LogP contribution in [0.2, 0.25) is 5.02 Å². The SMILES string of the molecule is Cn1cc(S(=O)(=O)CCCOc2ccc3c(c2)C(Cc2ccccc2Cl)C(N)CC3)cn1. The molecule has 0 amide bonds. The van der Waals surface area contributed by atoms with Gasteiger partial charge < -0.3 is 10.5 Å². The number of nitrogens with zero attached hydrogens (tertiary/aromatic N) is 2. The van der Waals surface area contributed by atoms with Gasteiger partial charge in [0.15, 0.2) is 9.84 Å². The van der Waals surface area contributed by atoms with Gasteiger partial charge in [-0.15, -0.1) is 0 Å². The molecule has 0 bridgehead atoms. The lowest BCUT2D eigenvalue weighted by Gasteiger charge is -2.32. The third-order valence-corrected chi connectivity index (χ3v) is 8.17. The van der Waals surface area contributed by atoms with Crippen LogP contribution in [0, 0.1) is 0 Å². The fourth-order valence-corrected chi connectivity index (χ4v) is 5.74. The molecule has 0 saturated carbocycles. The Morgan fingerprint density at radius 3 is 2.81 bits per heavy atom. The second kappa shape index (κ2) is 9.65. The number of hydrogen-bond donors (Lipinski definition) is 1. The zero-order valence-corrected chi connectivity index (χ0v) is 19.6. The third kappa shape index (κ3) is 5.17. The van der Waals surface area contributed by atoms with Crippen molar-refractivity contribution in [1.82, 2.24) is 9.78 Å².